The summed E-state index contributed by atoms with van der Waals surface area (Å²) >= 11 is 0. The van der Waals surface area contributed by atoms with E-state index in [1.54, 1.807) is 0 Å². The van der Waals surface area contributed by atoms with Crippen LogP contribution in [-0.4, -0.2) is 17.9 Å². The summed E-state index contributed by atoms with van der Waals surface area (Å²) in [7, 11) is -1.87. The quantitative estimate of drug-likeness (QED) is 0.288. The third kappa shape index (κ3) is 5.27. The largest absolute Gasteiger partial charge is 0.396 e. The lowest BCUT2D eigenvalue weighted by Gasteiger charge is -2.29. The molecule has 0 aliphatic heterocycles. The Hall–Kier alpha value is -2.73. The highest BCUT2D eigenvalue weighted by atomic mass is 31.2. The molecule has 0 heterocycles. The molecule has 0 aliphatic carbocycles. The highest BCUT2D eigenvalue weighted by Gasteiger charge is 2.45. The molecule has 4 aromatic rings. The molecule has 1 atom stereocenters. The Balaban J connectivity index is 1.75. The summed E-state index contributed by atoms with van der Waals surface area (Å²) in [6.07, 6.45) is 4.22. The third-order valence-corrected chi connectivity index (χ3v) is 11.1. The molecular weight excluding hydrogens is 419 g/mol. The summed E-state index contributed by atoms with van der Waals surface area (Å²) in [6, 6.07) is 41.9. The Morgan fingerprint density at radius 3 is 1.48 bits per heavy atom. The van der Waals surface area contributed by atoms with E-state index < -0.39 is 7.26 Å². The van der Waals surface area contributed by atoms with Crippen molar-refractivity contribution >= 4 is 23.2 Å². The SMILES string of the molecule is CCCc1ccc(C(CO)CC[P+](c2ccccc2)(c2ccccc2)c2ccccc2)cc1. The van der Waals surface area contributed by atoms with E-state index in [-0.39, 0.29) is 12.5 Å². The second kappa shape index (κ2) is 11.4. The highest BCUT2D eigenvalue weighted by molar-refractivity contribution is 7.95. The Labute approximate surface area is 199 Å². The molecule has 1 N–H and O–H groups in total. The minimum absolute atomic E-state index is 0.135. The molecule has 4 rings (SSSR count). The van der Waals surface area contributed by atoms with E-state index in [1.807, 2.05) is 0 Å². The molecular formula is C31H34OP+. The fourth-order valence-electron chi connectivity index (χ4n) is 4.84. The Morgan fingerprint density at radius 1 is 0.636 bits per heavy atom. The van der Waals surface area contributed by atoms with Crippen LogP contribution in [0.1, 0.15) is 36.8 Å². The van der Waals surface area contributed by atoms with Crippen molar-refractivity contribution in [2.75, 3.05) is 12.8 Å². The molecule has 0 saturated heterocycles. The van der Waals surface area contributed by atoms with Crippen LogP contribution in [0.3, 0.4) is 0 Å². The number of aryl methyl sites for hydroxylation is 1. The lowest BCUT2D eigenvalue weighted by molar-refractivity contribution is 0.263. The van der Waals surface area contributed by atoms with Gasteiger partial charge in [0.1, 0.15) is 23.2 Å². The standard InChI is InChI=1S/C31H34OP/c1-2-12-26-19-21-27(22-20-26)28(25-32)23-24-33(29-13-6-3-7-14-29,30-15-8-4-9-16-30)31-17-10-5-11-18-31/h3-11,13-22,28,32H,2,12,23-25H2,1H3/q+1. The van der Waals surface area contributed by atoms with Crippen LogP contribution in [0.4, 0.5) is 0 Å². The van der Waals surface area contributed by atoms with Crippen LogP contribution in [-0.2, 0) is 6.42 Å². The van der Waals surface area contributed by atoms with Gasteiger partial charge >= 0.3 is 0 Å². The first-order valence-electron chi connectivity index (χ1n) is 12.0. The second-order valence-electron chi connectivity index (χ2n) is 8.70. The van der Waals surface area contributed by atoms with Crippen molar-refractivity contribution < 1.29 is 5.11 Å². The summed E-state index contributed by atoms with van der Waals surface area (Å²) in [4.78, 5) is 0. The van der Waals surface area contributed by atoms with Crippen molar-refractivity contribution in [1.82, 2.24) is 0 Å². The van der Waals surface area contributed by atoms with Crippen LogP contribution >= 0.6 is 7.26 Å². The summed E-state index contributed by atoms with van der Waals surface area (Å²) in [5, 5.41) is 14.6. The molecule has 168 valence electrons. The molecule has 0 spiro atoms. The fourth-order valence-corrected chi connectivity index (χ4v) is 9.25. The molecule has 0 aromatic heterocycles. The molecule has 33 heavy (non-hydrogen) atoms. The molecule has 2 heteroatoms. The van der Waals surface area contributed by atoms with E-state index in [9.17, 15) is 5.11 Å². The van der Waals surface area contributed by atoms with Crippen molar-refractivity contribution in [3.8, 4) is 0 Å². The number of hydrogen-bond acceptors (Lipinski definition) is 1. The Morgan fingerprint density at radius 2 is 1.09 bits per heavy atom. The summed E-state index contributed by atoms with van der Waals surface area (Å²) in [5.41, 5.74) is 2.61. The van der Waals surface area contributed by atoms with E-state index in [1.165, 1.54) is 27.0 Å². The Kier molecular flexibility index (Phi) is 8.10. The molecule has 0 fully saturated rings. The van der Waals surface area contributed by atoms with Gasteiger partial charge in [-0.25, -0.2) is 0 Å². The number of rotatable bonds is 10. The first kappa shape index (κ1) is 23.4. The number of benzene rings is 4. The summed E-state index contributed by atoms with van der Waals surface area (Å²) in [6.45, 7) is 2.38. The van der Waals surface area contributed by atoms with Crippen molar-refractivity contribution in [1.29, 1.82) is 0 Å². The molecule has 0 amide bonds. The lowest BCUT2D eigenvalue weighted by Crippen LogP contribution is -2.34. The maximum Gasteiger partial charge on any atom is 0.112 e. The van der Waals surface area contributed by atoms with E-state index in [4.69, 9.17) is 0 Å². The van der Waals surface area contributed by atoms with Gasteiger partial charge in [-0.1, -0.05) is 92.2 Å². The zero-order valence-corrected chi connectivity index (χ0v) is 20.4. The van der Waals surface area contributed by atoms with Gasteiger partial charge in [0.25, 0.3) is 0 Å². The first-order valence-corrected chi connectivity index (χ1v) is 14.0. The van der Waals surface area contributed by atoms with Gasteiger partial charge in [-0.3, -0.25) is 0 Å². The average Bonchev–Trinajstić information content (AvgIpc) is 2.89. The maximum absolute atomic E-state index is 10.4. The summed E-state index contributed by atoms with van der Waals surface area (Å²) < 4.78 is 0. The number of aliphatic hydroxyl groups excluding tert-OH is 1. The van der Waals surface area contributed by atoms with Crippen molar-refractivity contribution in [2.45, 2.75) is 32.1 Å². The van der Waals surface area contributed by atoms with Crippen LogP contribution < -0.4 is 15.9 Å². The maximum atomic E-state index is 10.4. The smallest absolute Gasteiger partial charge is 0.112 e. The monoisotopic (exact) mass is 453 g/mol. The van der Waals surface area contributed by atoms with Gasteiger partial charge in [0.2, 0.25) is 0 Å². The third-order valence-electron chi connectivity index (χ3n) is 6.61. The fraction of sp³-hybridized carbons (Fsp3) is 0.226. The van der Waals surface area contributed by atoms with E-state index in [2.05, 4.69) is 122 Å². The van der Waals surface area contributed by atoms with Gasteiger partial charge in [-0.2, -0.15) is 0 Å². The molecule has 4 aromatic carbocycles. The highest BCUT2D eigenvalue weighted by Crippen LogP contribution is 2.56. The van der Waals surface area contributed by atoms with Crippen molar-refractivity contribution in [3.05, 3.63) is 126 Å². The summed E-state index contributed by atoms with van der Waals surface area (Å²) in [5.74, 6) is 0.135. The van der Waals surface area contributed by atoms with Gasteiger partial charge in [0.15, 0.2) is 0 Å². The minimum atomic E-state index is -1.87. The van der Waals surface area contributed by atoms with Gasteiger partial charge in [0.05, 0.1) is 12.8 Å². The topological polar surface area (TPSA) is 20.2 Å². The molecule has 0 saturated carbocycles. The van der Waals surface area contributed by atoms with Gasteiger partial charge in [-0.15, -0.1) is 0 Å². The molecule has 0 radical (unpaired) electrons. The number of hydrogen-bond donors (Lipinski definition) is 1. The predicted octanol–water partition coefficient (Wildman–Crippen LogP) is 6.10. The van der Waals surface area contributed by atoms with E-state index in [0.717, 1.165) is 25.4 Å². The first-order chi connectivity index (χ1) is 16.3. The van der Waals surface area contributed by atoms with Gasteiger partial charge < -0.3 is 5.11 Å². The predicted molar refractivity (Wildman–Crippen MR) is 145 cm³/mol. The molecule has 0 bridgehead atoms. The molecule has 0 aliphatic rings. The lowest BCUT2D eigenvalue weighted by atomic mass is 9.96. The molecule has 1 unspecified atom stereocenters. The minimum Gasteiger partial charge on any atom is -0.396 e. The molecule has 1 nitrogen and oxygen atoms in total. The second-order valence-corrected chi connectivity index (χ2v) is 12.3. The van der Waals surface area contributed by atoms with Crippen molar-refractivity contribution in [2.24, 2.45) is 0 Å². The average molecular weight is 454 g/mol. The van der Waals surface area contributed by atoms with Crippen LogP contribution in [0.5, 0.6) is 0 Å². The van der Waals surface area contributed by atoms with Crippen molar-refractivity contribution in [3.63, 3.8) is 0 Å². The van der Waals surface area contributed by atoms with Gasteiger partial charge in [0, 0.05) is 5.92 Å². The normalized spacial score (nSPS) is 12.4. The number of aliphatic hydroxyl groups is 1. The van der Waals surface area contributed by atoms with Crippen LogP contribution in [0, 0.1) is 0 Å². The van der Waals surface area contributed by atoms with E-state index >= 15 is 0 Å². The van der Waals surface area contributed by atoms with E-state index in [0.29, 0.717) is 0 Å². The van der Waals surface area contributed by atoms with Crippen LogP contribution in [0.2, 0.25) is 0 Å². The zero-order valence-electron chi connectivity index (χ0n) is 19.5. The van der Waals surface area contributed by atoms with Crippen LogP contribution in [0.15, 0.2) is 115 Å². The zero-order chi connectivity index (χ0) is 22.9. The Bertz CT molecular complexity index is 995. The van der Waals surface area contributed by atoms with Gasteiger partial charge in [-0.05, 0) is 60.4 Å². The van der Waals surface area contributed by atoms with Crippen LogP contribution in [0.25, 0.3) is 0 Å².